The van der Waals surface area contributed by atoms with Gasteiger partial charge in [-0.3, -0.25) is 0 Å². The number of benzene rings is 1. The van der Waals surface area contributed by atoms with Gasteiger partial charge in [0.05, 0.1) is 5.69 Å². The van der Waals surface area contributed by atoms with Crippen LogP contribution in [-0.4, -0.2) is 11.0 Å². The van der Waals surface area contributed by atoms with Gasteiger partial charge in [0.1, 0.15) is 5.01 Å². The van der Waals surface area contributed by atoms with E-state index in [4.69, 9.17) is 16.6 Å². The number of hydrogen-bond donors (Lipinski definition) is 1. The molecule has 1 saturated carbocycles. The van der Waals surface area contributed by atoms with Crippen molar-refractivity contribution < 1.29 is 0 Å². The molecule has 1 aliphatic rings. The highest BCUT2D eigenvalue weighted by atomic mass is 35.5. The fraction of sp³-hybridized carbons (Fsp3) is 0.471. The molecule has 0 aliphatic heterocycles. The molecule has 1 N–H and O–H groups in total. The molecule has 1 aromatic heterocycles. The molecule has 0 amide bonds. The smallest absolute Gasteiger partial charge is 0.123 e. The van der Waals surface area contributed by atoms with Gasteiger partial charge in [-0.2, -0.15) is 0 Å². The molecule has 1 fully saturated rings. The zero-order valence-corrected chi connectivity index (χ0v) is 14.3. The van der Waals surface area contributed by atoms with Crippen molar-refractivity contribution in [1.82, 2.24) is 10.3 Å². The first kappa shape index (κ1) is 15.0. The maximum atomic E-state index is 5.97. The third-order valence-electron chi connectivity index (χ3n) is 3.63. The molecule has 21 heavy (non-hydrogen) atoms. The van der Waals surface area contributed by atoms with Gasteiger partial charge >= 0.3 is 0 Å². The summed E-state index contributed by atoms with van der Waals surface area (Å²) in [5, 5.41) is 5.46. The fourth-order valence-corrected chi connectivity index (χ4v) is 3.65. The van der Waals surface area contributed by atoms with Crippen molar-refractivity contribution >= 4 is 22.9 Å². The number of aromatic nitrogens is 1. The van der Waals surface area contributed by atoms with E-state index in [1.54, 1.807) is 11.3 Å². The number of nitrogens with zero attached hydrogens (tertiary/aromatic N) is 1. The van der Waals surface area contributed by atoms with E-state index in [1.807, 2.05) is 24.3 Å². The summed E-state index contributed by atoms with van der Waals surface area (Å²) in [5.74, 6) is 0. The van der Waals surface area contributed by atoms with Crippen LogP contribution < -0.4 is 5.32 Å². The predicted molar refractivity (Wildman–Crippen MR) is 91.1 cm³/mol. The third kappa shape index (κ3) is 3.65. The van der Waals surface area contributed by atoms with Gasteiger partial charge < -0.3 is 5.32 Å². The Balaban J connectivity index is 1.91. The highest BCUT2D eigenvalue weighted by Crippen LogP contribution is 2.35. The molecule has 0 unspecified atom stereocenters. The Bertz CT molecular complexity index is 621. The van der Waals surface area contributed by atoms with Crippen molar-refractivity contribution in [3.63, 3.8) is 0 Å². The van der Waals surface area contributed by atoms with Gasteiger partial charge in [-0.1, -0.05) is 44.5 Å². The largest absolute Gasteiger partial charge is 0.309 e. The second-order valence-electron chi connectivity index (χ2n) is 6.70. The molecule has 0 atom stereocenters. The lowest BCUT2D eigenvalue weighted by molar-refractivity contribution is 0.559. The molecule has 1 aliphatic carbocycles. The quantitative estimate of drug-likeness (QED) is 0.856. The summed E-state index contributed by atoms with van der Waals surface area (Å²) in [6, 6.07) is 8.67. The second-order valence-corrected chi connectivity index (χ2v) is 8.22. The van der Waals surface area contributed by atoms with Crippen LogP contribution in [-0.2, 0) is 12.0 Å². The van der Waals surface area contributed by atoms with Gasteiger partial charge in [-0.15, -0.1) is 11.3 Å². The summed E-state index contributed by atoms with van der Waals surface area (Å²) in [4.78, 5) is 6.28. The van der Waals surface area contributed by atoms with Crippen LogP contribution in [0.1, 0.15) is 44.2 Å². The van der Waals surface area contributed by atoms with Crippen molar-refractivity contribution in [2.24, 2.45) is 0 Å². The third-order valence-corrected chi connectivity index (χ3v) is 4.98. The molecule has 112 valence electrons. The Hall–Kier alpha value is -0.900. The van der Waals surface area contributed by atoms with Crippen LogP contribution in [0.5, 0.6) is 0 Å². The maximum absolute atomic E-state index is 5.97. The first-order valence-corrected chi connectivity index (χ1v) is 8.62. The molecule has 0 saturated heterocycles. The van der Waals surface area contributed by atoms with Crippen molar-refractivity contribution in [1.29, 1.82) is 0 Å². The molecule has 0 spiro atoms. The number of nitrogens with one attached hydrogen (secondary N) is 1. The highest BCUT2D eigenvalue weighted by Gasteiger charge is 2.26. The van der Waals surface area contributed by atoms with E-state index in [1.165, 1.54) is 23.4 Å². The van der Waals surface area contributed by atoms with E-state index >= 15 is 0 Å². The van der Waals surface area contributed by atoms with Gasteiger partial charge in [0.25, 0.3) is 0 Å². The molecule has 2 nitrogen and oxygen atoms in total. The first-order valence-electron chi connectivity index (χ1n) is 7.43. The summed E-state index contributed by atoms with van der Waals surface area (Å²) in [5.41, 5.74) is 2.43. The number of rotatable bonds is 4. The highest BCUT2D eigenvalue weighted by molar-refractivity contribution is 7.15. The van der Waals surface area contributed by atoms with E-state index < -0.39 is 0 Å². The van der Waals surface area contributed by atoms with E-state index in [0.29, 0.717) is 0 Å². The fourth-order valence-electron chi connectivity index (χ4n) is 2.30. The molecule has 0 bridgehead atoms. The summed E-state index contributed by atoms with van der Waals surface area (Å²) in [6.07, 6.45) is 2.63. The number of halogens is 1. The van der Waals surface area contributed by atoms with Crippen LogP contribution >= 0.6 is 22.9 Å². The summed E-state index contributed by atoms with van der Waals surface area (Å²) < 4.78 is 0. The summed E-state index contributed by atoms with van der Waals surface area (Å²) in [7, 11) is 0. The summed E-state index contributed by atoms with van der Waals surface area (Å²) >= 11 is 7.77. The second kappa shape index (κ2) is 5.71. The van der Waals surface area contributed by atoms with Crippen molar-refractivity contribution in [2.75, 3.05) is 0 Å². The van der Waals surface area contributed by atoms with Crippen molar-refractivity contribution in [3.8, 4) is 10.6 Å². The molecule has 4 heteroatoms. The predicted octanol–water partition coefficient (Wildman–Crippen LogP) is 5.01. The van der Waals surface area contributed by atoms with Gasteiger partial charge in [0, 0.05) is 33.5 Å². The normalized spacial score (nSPS) is 15.4. The first-order chi connectivity index (χ1) is 9.93. The Morgan fingerprint density at radius 2 is 1.90 bits per heavy atom. The standard InChI is InChI=1S/C17H21ClN2S/c1-17(2,3)15-14(10-19-13-8-9-13)21-16(20-15)11-4-6-12(18)7-5-11/h4-7,13,19H,8-10H2,1-3H3. The molecular formula is C17H21ClN2S. The van der Waals surface area contributed by atoms with Gasteiger partial charge in [-0.05, 0) is 25.0 Å². The van der Waals surface area contributed by atoms with Crippen LogP contribution in [0, 0.1) is 0 Å². The number of hydrogen-bond acceptors (Lipinski definition) is 3. The van der Waals surface area contributed by atoms with Crippen LogP contribution in [0.15, 0.2) is 24.3 Å². The summed E-state index contributed by atoms with van der Waals surface area (Å²) in [6.45, 7) is 7.62. The van der Waals surface area contributed by atoms with Crippen molar-refractivity contribution in [2.45, 2.75) is 51.6 Å². The number of thiazole rings is 1. The van der Waals surface area contributed by atoms with Crippen LogP contribution in [0.2, 0.25) is 5.02 Å². The van der Waals surface area contributed by atoms with Gasteiger partial charge in [-0.25, -0.2) is 4.98 Å². The average Bonchev–Trinajstić information content (AvgIpc) is 3.14. The molecule has 2 aromatic rings. The Kier molecular flexibility index (Phi) is 4.08. The van der Waals surface area contributed by atoms with Gasteiger partial charge in [0.15, 0.2) is 0 Å². The Labute approximate surface area is 135 Å². The topological polar surface area (TPSA) is 24.9 Å². The average molecular weight is 321 g/mol. The maximum Gasteiger partial charge on any atom is 0.123 e. The van der Waals surface area contributed by atoms with E-state index in [2.05, 4.69) is 26.1 Å². The van der Waals surface area contributed by atoms with Crippen LogP contribution in [0.25, 0.3) is 10.6 Å². The van der Waals surface area contributed by atoms with E-state index in [-0.39, 0.29) is 5.41 Å². The van der Waals surface area contributed by atoms with E-state index in [9.17, 15) is 0 Å². The molecule has 0 radical (unpaired) electrons. The minimum absolute atomic E-state index is 0.0712. The minimum atomic E-state index is 0.0712. The van der Waals surface area contributed by atoms with Crippen molar-refractivity contribution in [3.05, 3.63) is 39.9 Å². The Morgan fingerprint density at radius 1 is 1.24 bits per heavy atom. The molecule has 1 heterocycles. The molecular weight excluding hydrogens is 300 g/mol. The lowest BCUT2D eigenvalue weighted by Gasteiger charge is -2.17. The lowest BCUT2D eigenvalue weighted by atomic mass is 9.91. The molecule has 1 aromatic carbocycles. The van der Waals surface area contributed by atoms with Crippen LogP contribution in [0.3, 0.4) is 0 Å². The lowest BCUT2D eigenvalue weighted by Crippen LogP contribution is -2.19. The SMILES string of the molecule is CC(C)(C)c1nc(-c2ccc(Cl)cc2)sc1CNC1CC1. The molecule has 3 rings (SSSR count). The van der Waals surface area contributed by atoms with Crippen LogP contribution in [0.4, 0.5) is 0 Å². The zero-order chi connectivity index (χ0) is 15.0. The minimum Gasteiger partial charge on any atom is -0.309 e. The van der Waals surface area contributed by atoms with Gasteiger partial charge in [0.2, 0.25) is 0 Å². The zero-order valence-electron chi connectivity index (χ0n) is 12.7. The monoisotopic (exact) mass is 320 g/mol. The van der Waals surface area contributed by atoms with E-state index in [0.717, 1.165) is 28.2 Å². The Morgan fingerprint density at radius 3 is 2.48 bits per heavy atom.